The number of rotatable bonds is 3. The molecule has 104 valence electrons. The molecule has 1 saturated carbocycles. The van der Waals surface area contributed by atoms with Gasteiger partial charge in [0.15, 0.2) is 0 Å². The first-order valence-electron chi connectivity index (χ1n) is 7.54. The van der Waals surface area contributed by atoms with Crippen LogP contribution in [0.1, 0.15) is 50.0 Å². The molecule has 2 aliphatic rings. The fourth-order valence-electron chi connectivity index (χ4n) is 3.36. The van der Waals surface area contributed by atoms with Crippen LogP contribution in [-0.2, 0) is 0 Å². The Morgan fingerprint density at radius 2 is 1.84 bits per heavy atom. The molecule has 1 aromatic heterocycles. The molecule has 1 unspecified atom stereocenters. The highest BCUT2D eigenvalue weighted by molar-refractivity contribution is 5.31. The van der Waals surface area contributed by atoms with E-state index in [-0.39, 0.29) is 6.61 Å². The Morgan fingerprint density at radius 1 is 1.11 bits per heavy atom. The molecular weight excluding hydrogens is 238 g/mol. The van der Waals surface area contributed by atoms with E-state index in [4.69, 9.17) is 0 Å². The number of anilines is 1. The molecule has 1 aliphatic carbocycles. The Labute approximate surface area is 114 Å². The van der Waals surface area contributed by atoms with Crippen molar-refractivity contribution in [2.75, 3.05) is 24.6 Å². The molecule has 2 heterocycles. The summed E-state index contributed by atoms with van der Waals surface area (Å²) in [5.41, 5.74) is 1.30. The molecule has 1 N–H and O–H groups in total. The third-order valence-electron chi connectivity index (χ3n) is 4.54. The summed E-state index contributed by atoms with van der Waals surface area (Å²) in [4.78, 5) is 11.3. The zero-order chi connectivity index (χ0) is 13.1. The Balaban J connectivity index is 1.67. The maximum absolute atomic E-state index is 9.28. The quantitative estimate of drug-likeness (QED) is 0.907. The van der Waals surface area contributed by atoms with Gasteiger partial charge in [-0.2, -0.15) is 0 Å². The van der Waals surface area contributed by atoms with Gasteiger partial charge >= 0.3 is 0 Å². The van der Waals surface area contributed by atoms with Crippen LogP contribution in [0.3, 0.4) is 0 Å². The van der Waals surface area contributed by atoms with E-state index in [9.17, 15) is 5.11 Å². The molecule has 1 atom stereocenters. The first-order valence-corrected chi connectivity index (χ1v) is 7.54. The number of aromatic nitrogens is 2. The van der Waals surface area contributed by atoms with Crippen LogP contribution < -0.4 is 4.90 Å². The zero-order valence-electron chi connectivity index (χ0n) is 11.5. The first-order chi connectivity index (χ1) is 9.36. The first kappa shape index (κ1) is 12.9. The Hall–Kier alpha value is -1.16. The van der Waals surface area contributed by atoms with Crippen LogP contribution >= 0.6 is 0 Å². The van der Waals surface area contributed by atoms with Gasteiger partial charge in [0.2, 0.25) is 5.95 Å². The van der Waals surface area contributed by atoms with Crippen molar-refractivity contribution in [2.45, 2.75) is 44.4 Å². The SMILES string of the molecule is OCC1CCCN(c2ncc(C3CCCC3)cn2)C1. The molecule has 3 rings (SSSR count). The third-order valence-corrected chi connectivity index (χ3v) is 4.54. The summed E-state index contributed by atoms with van der Waals surface area (Å²) in [6.45, 7) is 2.18. The van der Waals surface area contributed by atoms with E-state index in [0.29, 0.717) is 11.8 Å². The summed E-state index contributed by atoms with van der Waals surface area (Å²) < 4.78 is 0. The van der Waals surface area contributed by atoms with Gasteiger partial charge < -0.3 is 10.0 Å². The van der Waals surface area contributed by atoms with Gasteiger partial charge in [-0.15, -0.1) is 0 Å². The van der Waals surface area contributed by atoms with Crippen molar-refractivity contribution in [2.24, 2.45) is 5.92 Å². The molecule has 1 saturated heterocycles. The van der Waals surface area contributed by atoms with Crippen LogP contribution in [0, 0.1) is 5.92 Å². The number of nitrogens with zero attached hydrogens (tertiary/aromatic N) is 3. The second-order valence-corrected chi connectivity index (χ2v) is 5.93. The van der Waals surface area contributed by atoms with Gasteiger partial charge in [-0.05, 0) is 43.1 Å². The minimum Gasteiger partial charge on any atom is -0.396 e. The van der Waals surface area contributed by atoms with Gasteiger partial charge in [0.25, 0.3) is 0 Å². The number of aliphatic hydroxyl groups is 1. The number of hydrogen-bond donors (Lipinski definition) is 1. The summed E-state index contributed by atoms with van der Waals surface area (Å²) in [6.07, 6.45) is 11.5. The van der Waals surface area contributed by atoms with E-state index in [1.54, 1.807) is 0 Å². The molecule has 2 fully saturated rings. The molecular formula is C15H23N3O. The second kappa shape index (κ2) is 5.87. The van der Waals surface area contributed by atoms with Crippen LogP contribution in [0.5, 0.6) is 0 Å². The lowest BCUT2D eigenvalue weighted by molar-refractivity contribution is 0.208. The molecule has 1 aromatic rings. The van der Waals surface area contributed by atoms with Crippen molar-refractivity contribution in [1.29, 1.82) is 0 Å². The average molecular weight is 261 g/mol. The van der Waals surface area contributed by atoms with Gasteiger partial charge in [-0.25, -0.2) is 9.97 Å². The standard InChI is InChI=1S/C15H23N3O/c19-11-12-4-3-7-18(10-12)15-16-8-14(9-17-15)13-5-1-2-6-13/h8-9,12-13,19H,1-7,10-11H2. The van der Waals surface area contributed by atoms with Crippen LogP contribution in [0.4, 0.5) is 5.95 Å². The lowest BCUT2D eigenvalue weighted by Crippen LogP contribution is -2.37. The number of hydrogen-bond acceptors (Lipinski definition) is 4. The maximum atomic E-state index is 9.28. The molecule has 1 aliphatic heterocycles. The highest BCUT2D eigenvalue weighted by atomic mass is 16.3. The van der Waals surface area contributed by atoms with E-state index in [2.05, 4.69) is 14.9 Å². The predicted octanol–water partition coefficient (Wildman–Crippen LogP) is 2.34. The van der Waals surface area contributed by atoms with E-state index >= 15 is 0 Å². The molecule has 0 spiro atoms. The summed E-state index contributed by atoms with van der Waals surface area (Å²) in [5, 5.41) is 9.28. The van der Waals surface area contributed by atoms with Gasteiger partial charge in [-0.1, -0.05) is 12.8 Å². The van der Waals surface area contributed by atoms with Crippen molar-refractivity contribution >= 4 is 5.95 Å². The highest BCUT2D eigenvalue weighted by Crippen LogP contribution is 2.33. The van der Waals surface area contributed by atoms with E-state index in [0.717, 1.165) is 31.9 Å². The minimum absolute atomic E-state index is 0.274. The fraction of sp³-hybridized carbons (Fsp3) is 0.733. The van der Waals surface area contributed by atoms with Crippen LogP contribution in [-0.4, -0.2) is 34.8 Å². The van der Waals surface area contributed by atoms with Crippen LogP contribution in [0.25, 0.3) is 0 Å². The van der Waals surface area contributed by atoms with Crippen molar-refractivity contribution in [3.05, 3.63) is 18.0 Å². The Kier molecular flexibility index (Phi) is 3.97. The average Bonchev–Trinajstić information content (AvgIpc) is 3.02. The van der Waals surface area contributed by atoms with Crippen molar-refractivity contribution in [1.82, 2.24) is 9.97 Å². The monoisotopic (exact) mass is 261 g/mol. The number of piperidine rings is 1. The van der Waals surface area contributed by atoms with Gasteiger partial charge in [0.1, 0.15) is 0 Å². The van der Waals surface area contributed by atoms with E-state index < -0.39 is 0 Å². The number of aliphatic hydroxyl groups excluding tert-OH is 1. The lowest BCUT2D eigenvalue weighted by atomic mass is 9.99. The molecule has 0 aromatic carbocycles. The minimum atomic E-state index is 0.274. The Bertz CT molecular complexity index is 400. The molecule has 0 amide bonds. The summed E-state index contributed by atoms with van der Waals surface area (Å²) in [5.74, 6) is 1.90. The predicted molar refractivity (Wildman–Crippen MR) is 75.3 cm³/mol. The molecule has 4 nitrogen and oxygen atoms in total. The normalized spacial score (nSPS) is 24.9. The lowest BCUT2D eigenvalue weighted by Gasteiger charge is -2.31. The highest BCUT2D eigenvalue weighted by Gasteiger charge is 2.22. The van der Waals surface area contributed by atoms with Gasteiger partial charge in [0.05, 0.1) is 0 Å². The molecule has 19 heavy (non-hydrogen) atoms. The third kappa shape index (κ3) is 2.89. The topological polar surface area (TPSA) is 49.2 Å². The maximum Gasteiger partial charge on any atom is 0.225 e. The molecule has 0 bridgehead atoms. The van der Waals surface area contributed by atoms with Crippen molar-refractivity contribution in [3.63, 3.8) is 0 Å². The summed E-state index contributed by atoms with van der Waals surface area (Å²) >= 11 is 0. The van der Waals surface area contributed by atoms with Crippen LogP contribution in [0.15, 0.2) is 12.4 Å². The Morgan fingerprint density at radius 3 is 2.53 bits per heavy atom. The summed E-state index contributed by atoms with van der Waals surface area (Å²) in [7, 11) is 0. The molecule has 4 heteroatoms. The second-order valence-electron chi connectivity index (χ2n) is 5.93. The van der Waals surface area contributed by atoms with E-state index in [1.807, 2.05) is 12.4 Å². The fourth-order valence-corrected chi connectivity index (χ4v) is 3.36. The van der Waals surface area contributed by atoms with Gasteiger partial charge in [0, 0.05) is 32.1 Å². The summed E-state index contributed by atoms with van der Waals surface area (Å²) in [6, 6.07) is 0. The van der Waals surface area contributed by atoms with Gasteiger partial charge in [-0.3, -0.25) is 0 Å². The largest absolute Gasteiger partial charge is 0.396 e. The van der Waals surface area contributed by atoms with E-state index in [1.165, 1.54) is 31.2 Å². The van der Waals surface area contributed by atoms with Crippen LogP contribution in [0.2, 0.25) is 0 Å². The molecule has 0 radical (unpaired) electrons. The smallest absolute Gasteiger partial charge is 0.225 e. The van der Waals surface area contributed by atoms with Crippen molar-refractivity contribution < 1.29 is 5.11 Å². The van der Waals surface area contributed by atoms with Crippen molar-refractivity contribution in [3.8, 4) is 0 Å². The zero-order valence-corrected chi connectivity index (χ0v) is 11.5.